The van der Waals surface area contributed by atoms with E-state index in [1.807, 2.05) is 0 Å². The first-order valence-electron chi connectivity index (χ1n) is 9.45. The highest BCUT2D eigenvalue weighted by Crippen LogP contribution is 2.38. The first-order chi connectivity index (χ1) is 11.6. The maximum Gasteiger partial charge on any atom is 0.0705 e. The van der Waals surface area contributed by atoms with Crippen LogP contribution >= 0.6 is 0 Å². The van der Waals surface area contributed by atoms with Crippen molar-refractivity contribution in [1.29, 1.82) is 0 Å². The fourth-order valence-corrected chi connectivity index (χ4v) is 4.40. The molecule has 2 aliphatic rings. The number of rotatable bonds is 2. The highest BCUT2D eigenvalue weighted by atomic mass is 14.9. The second kappa shape index (κ2) is 6.33. The van der Waals surface area contributed by atoms with Gasteiger partial charge in [0.2, 0.25) is 0 Å². The predicted octanol–water partition coefficient (Wildman–Crippen LogP) is 4.83. The van der Waals surface area contributed by atoms with Gasteiger partial charge in [-0.05, 0) is 79.9 Å². The lowest BCUT2D eigenvalue weighted by Crippen LogP contribution is -2.27. The molecule has 0 unspecified atom stereocenters. The van der Waals surface area contributed by atoms with Gasteiger partial charge in [-0.3, -0.25) is 4.98 Å². The molecule has 2 heterocycles. The van der Waals surface area contributed by atoms with Crippen LogP contribution in [0.4, 0.5) is 0 Å². The van der Waals surface area contributed by atoms with Gasteiger partial charge in [0.05, 0.1) is 5.69 Å². The molecule has 2 heteroatoms. The molecule has 0 amide bonds. The second-order valence-electron chi connectivity index (χ2n) is 8.08. The van der Waals surface area contributed by atoms with Crippen molar-refractivity contribution in [2.45, 2.75) is 57.3 Å². The summed E-state index contributed by atoms with van der Waals surface area (Å²) in [5.41, 5.74) is 7.03. The molecule has 1 N–H and O–H groups in total. The van der Waals surface area contributed by atoms with Crippen LogP contribution in [0.3, 0.4) is 0 Å². The molecular weight excluding hydrogens is 292 g/mol. The molecule has 126 valence electrons. The average Bonchev–Trinajstić information content (AvgIpc) is 2.62. The lowest BCUT2D eigenvalue weighted by Gasteiger charge is -2.33. The minimum Gasteiger partial charge on any atom is -0.317 e. The highest BCUT2D eigenvalue weighted by Gasteiger charge is 2.27. The molecule has 24 heavy (non-hydrogen) atoms. The quantitative estimate of drug-likeness (QED) is 0.857. The Labute approximate surface area is 145 Å². The number of aromatic nitrogens is 1. The molecule has 2 nitrogen and oxygen atoms in total. The van der Waals surface area contributed by atoms with E-state index in [4.69, 9.17) is 4.98 Å². The smallest absolute Gasteiger partial charge is 0.0705 e. The van der Waals surface area contributed by atoms with Crippen molar-refractivity contribution >= 4 is 0 Å². The third kappa shape index (κ3) is 3.00. The van der Waals surface area contributed by atoms with E-state index in [0.717, 1.165) is 18.8 Å². The van der Waals surface area contributed by atoms with Gasteiger partial charge in [0.15, 0.2) is 0 Å². The number of pyridine rings is 1. The minimum absolute atomic E-state index is 0.288. The van der Waals surface area contributed by atoms with Crippen LogP contribution in [-0.4, -0.2) is 18.1 Å². The SMILES string of the molecule is CC1(C)CCCc2ccc(-c3cccc(C4CCNCC4)n3)cc21. The van der Waals surface area contributed by atoms with E-state index in [1.165, 1.54) is 54.5 Å². The summed E-state index contributed by atoms with van der Waals surface area (Å²) in [7, 11) is 0. The van der Waals surface area contributed by atoms with Gasteiger partial charge in [0.1, 0.15) is 0 Å². The maximum absolute atomic E-state index is 5.04. The summed E-state index contributed by atoms with van der Waals surface area (Å²) in [6.07, 6.45) is 6.22. The van der Waals surface area contributed by atoms with E-state index in [2.05, 4.69) is 55.6 Å². The third-order valence-corrected chi connectivity index (χ3v) is 5.91. The zero-order valence-electron chi connectivity index (χ0n) is 14.9. The summed E-state index contributed by atoms with van der Waals surface area (Å²) in [5.74, 6) is 0.611. The Balaban J connectivity index is 1.69. The van der Waals surface area contributed by atoms with Crippen LogP contribution in [0.5, 0.6) is 0 Å². The predicted molar refractivity (Wildman–Crippen MR) is 100 cm³/mol. The molecular formula is C22H28N2. The highest BCUT2D eigenvalue weighted by molar-refractivity contribution is 5.62. The van der Waals surface area contributed by atoms with Crippen molar-refractivity contribution in [2.24, 2.45) is 0 Å². The number of hydrogen-bond donors (Lipinski definition) is 1. The van der Waals surface area contributed by atoms with Crippen LogP contribution in [0.25, 0.3) is 11.3 Å². The molecule has 4 rings (SSSR count). The Kier molecular flexibility index (Phi) is 4.17. The normalized spacial score (nSPS) is 20.6. The van der Waals surface area contributed by atoms with E-state index in [1.54, 1.807) is 0 Å². The number of hydrogen-bond acceptors (Lipinski definition) is 2. The lowest BCUT2D eigenvalue weighted by molar-refractivity contribution is 0.432. The molecule has 0 atom stereocenters. The summed E-state index contributed by atoms with van der Waals surface area (Å²) >= 11 is 0. The van der Waals surface area contributed by atoms with E-state index >= 15 is 0 Å². The van der Waals surface area contributed by atoms with Crippen molar-refractivity contribution in [3.05, 3.63) is 53.2 Å². The van der Waals surface area contributed by atoms with Gasteiger partial charge in [-0.1, -0.05) is 32.0 Å². The summed E-state index contributed by atoms with van der Waals surface area (Å²) < 4.78 is 0. The summed E-state index contributed by atoms with van der Waals surface area (Å²) in [5, 5.41) is 3.45. The first-order valence-corrected chi connectivity index (χ1v) is 9.45. The standard InChI is InChI=1S/C22H28N2/c1-22(2)12-4-5-16-8-9-18(15-19(16)22)21-7-3-6-20(24-21)17-10-13-23-14-11-17/h3,6-9,15,17,23H,4-5,10-14H2,1-2H3. The average molecular weight is 320 g/mol. The molecule has 1 aliphatic heterocycles. The molecule has 1 aromatic carbocycles. The zero-order valence-corrected chi connectivity index (χ0v) is 14.9. The molecule has 1 saturated heterocycles. The Hall–Kier alpha value is -1.67. The van der Waals surface area contributed by atoms with Gasteiger partial charge in [0.25, 0.3) is 0 Å². The van der Waals surface area contributed by atoms with Gasteiger partial charge in [-0.2, -0.15) is 0 Å². The number of piperidine rings is 1. The van der Waals surface area contributed by atoms with E-state index in [0.29, 0.717) is 5.92 Å². The van der Waals surface area contributed by atoms with Crippen LogP contribution in [0, 0.1) is 0 Å². The molecule has 0 bridgehead atoms. The number of nitrogens with one attached hydrogen (secondary N) is 1. The third-order valence-electron chi connectivity index (χ3n) is 5.91. The molecule has 0 radical (unpaired) electrons. The van der Waals surface area contributed by atoms with Crippen LogP contribution in [0.1, 0.15) is 62.3 Å². The second-order valence-corrected chi connectivity index (χ2v) is 8.08. The van der Waals surface area contributed by atoms with E-state index in [9.17, 15) is 0 Å². The lowest BCUT2D eigenvalue weighted by atomic mass is 9.72. The van der Waals surface area contributed by atoms with Gasteiger partial charge >= 0.3 is 0 Å². The number of nitrogens with zero attached hydrogens (tertiary/aromatic N) is 1. The molecule has 1 fully saturated rings. The van der Waals surface area contributed by atoms with Crippen LogP contribution < -0.4 is 5.32 Å². The van der Waals surface area contributed by atoms with Gasteiger partial charge in [-0.15, -0.1) is 0 Å². The van der Waals surface area contributed by atoms with Crippen molar-refractivity contribution in [1.82, 2.24) is 10.3 Å². The summed E-state index contributed by atoms with van der Waals surface area (Å²) in [6, 6.07) is 13.6. The molecule has 0 saturated carbocycles. The molecule has 0 spiro atoms. The first kappa shape index (κ1) is 15.8. The fourth-order valence-electron chi connectivity index (χ4n) is 4.40. The van der Waals surface area contributed by atoms with Gasteiger partial charge in [0, 0.05) is 17.2 Å². The minimum atomic E-state index is 0.288. The van der Waals surface area contributed by atoms with Crippen molar-refractivity contribution in [3.8, 4) is 11.3 Å². The monoisotopic (exact) mass is 320 g/mol. The topological polar surface area (TPSA) is 24.9 Å². The summed E-state index contributed by atoms with van der Waals surface area (Å²) in [4.78, 5) is 5.04. The Morgan fingerprint density at radius 1 is 1.08 bits per heavy atom. The van der Waals surface area contributed by atoms with E-state index < -0.39 is 0 Å². The maximum atomic E-state index is 5.04. The van der Waals surface area contributed by atoms with Gasteiger partial charge in [-0.25, -0.2) is 0 Å². The Morgan fingerprint density at radius 3 is 2.75 bits per heavy atom. The molecule has 1 aliphatic carbocycles. The van der Waals surface area contributed by atoms with Crippen LogP contribution in [-0.2, 0) is 11.8 Å². The molecule has 2 aromatic rings. The van der Waals surface area contributed by atoms with Crippen molar-refractivity contribution in [2.75, 3.05) is 13.1 Å². The Morgan fingerprint density at radius 2 is 1.92 bits per heavy atom. The van der Waals surface area contributed by atoms with Crippen molar-refractivity contribution in [3.63, 3.8) is 0 Å². The number of fused-ring (bicyclic) bond motifs is 1. The fraction of sp³-hybridized carbons (Fsp3) is 0.500. The molecule has 1 aromatic heterocycles. The van der Waals surface area contributed by atoms with Crippen molar-refractivity contribution < 1.29 is 0 Å². The Bertz CT molecular complexity index is 726. The van der Waals surface area contributed by atoms with Crippen LogP contribution in [0.15, 0.2) is 36.4 Å². The van der Waals surface area contributed by atoms with E-state index in [-0.39, 0.29) is 5.41 Å². The largest absolute Gasteiger partial charge is 0.317 e. The number of benzene rings is 1. The summed E-state index contributed by atoms with van der Waals surface area (Å²) in [6.45, 7) is 6.99. The van der Waals surface area contributed by atoms with Gasteiger partial charge < -0.3 is 5.32 Å². The van der Waals surface area contributed by atoms with Crippen LogP contribution in [0.2, 0.25) is 0 Å². The number of aryl methyl sites for hydroxylation is 1. The zero-order chi connectivity index (χ0) is 16.6.